The molecule has 2 fully saturated rings. The Morgan fingerprint density at radius 3 is 2.60 bits per heavy atom. The number of benzene rings is 1. The van der Waals surface area contributed by atoms with Crippen molar-refractivity contribution in [3.63, 3.8) is 0 Å². The Balaban J connectivity index is 1.56. The molecule has 0 amide bonds. The second-order valence-electron chi connectivity index (χ2n) is 5.59. The molecule has 0 atom stereocenters. The molecule has 0 saturated carbocycles. The van der Waals surface area contributed by atoms with Crippen LogP contribution in [0.5, 0.6) is 11.5 Å². The number of hydrogen-bond acceptors (Lipinski definition) is 5. The van der Waals surface area contributed by atoms with Crippen molar-refractivity contribution in [2.24, 2.45) is 0 Å². The first-order valence-corrected chi connectivity index (χ1v) is 7.30. The lowest BCUT2D eigenvalue weighted by Gasteiger charge is -2.43. The van der Waals surface area contributed by atoms with E-state index in [1.165, 1.54) is 0 Å². The average molecular weight is 277 g/mol. The highest BCUT2D eigenvalue weighted by Gasteiger charge is 2.27. The molecule has 1 aromatic rings. The molecule has 0 aliphatic carbocycles. The highest BCUT2D eigenvalue weighted by atomic mass is 16.5. The SMILES string of the molecule is COc1cccc(CN2CCN(C3CNC3)CC2)c1O. The minimum absolute atomic E-state index is 0.278. The molecule has 1 aromatic carbocycles. The highest BCUT2D eigenvalue weighted by Crippen LogP contribution is 2.30. The van der Waals surface area contributed by atoms with E-state index in [4.69, 9.17) is 4.74 Å². The number of ether oxygens (including phenoxy) is 1. The third-order valence-electron chi connectivity index (χ3n) is 4.38. The van der Waals surface area contributed by atoms with Crippen LogP contribution in [0.25, 0.3) is 0 Å². The van der Waals surface area contributed by atoms with Crippen LogP contribution in [0.2, 0.25) is 0 Å². The first-order chi connectivity index (χ1) is 9.78. The predicted molar refractivity (Wildman–Crippen MR) is 78.2 cm³/mol. The van der Waals surface area contributed by atoms with E-state index in [0.717, 1.165) is 57.4 Å². The molecule has 0 unspecified atom stereocenters. The number of nitrogens with one attached hydrogen (secondary N) is 1. The van der Waals surface area contributed by atoms with Gasteiger partial charge in [0.05, 0.1) is 7.11 Å². The number of aromatic hydroxyl groups is 1. The van der Waals surface area contributed by atoms with Crippen molar-refractivity contribution in [2.45, 2.75) is 12.6 Å². The van der Waals surface area contributed by atoms with Crippen molar-refractivity contribution < 1.29 is 9.84 Å². The average Bonchev–Trinajstić information content (AvgIpc) is 2.41. The van der Waals surface area contributed by atoms with Crippen LogP contribution < -0.4 is 10.1 Å². The van der Waals surface area contributed by atoms with Gasteiger partial charge in [0.25, 0.3) is 0 Å². The molecule has 0 aromatic heterocycles. The molecule has 5 nitrogen and oxygen atoms in total. The molecule has 0 spiro atoms. The maximum Gasteiger partial charge on any atom is 0.162 e. The van der Waals surface area contributed by atoms with E-state index in [1.54, 1.807) is 13.2 Å². The van der Waals surface area contributed by atoms with Gasteiger partial charge in [0.1, 0.15) is 0 Å². The van der Waals surface area contributed by atoms with Gasteiger partial charge in [-0.25, -0.2) is 0 Å². The van der Waals surface area contributed by atoms with Gasteiger partial charge in [0.2, 0.25) is 0 Å². The monoisotopic (exact) mass is 277 g/mol. The smallest absolute Gasteiger partial charge is 0.162 e. The summed E-state index contributed by atoms with van der Waals surface area (Å²) in [5.74, 6) is 0.835. The summed E-state index contributed by atoms with van der Waals surface area (Å²) in [4.78, 5) is 4.97. The number of piperazine rings is 1. The van der Waals surface area contributed by atoms with Crippen LogP contribution in [0.15, 0.2) is 18.2 Å². The number of para-hydroxylation sites is 1. The Morgan fingerprint density at radius 2 is 2.00 bits per heavy atom. The van der Waals surface area contributed by atoms with Crippen LogP contribution >= 0.6 is 0 Å². The van der Waals surface area contributed by atoms with Crippen LogP contribution in [-0.4, -0.2) is 67.3 Å². The maximum atomic E-state index is 10.1. The van der Waals surface area contributed by atoms with Crippen molar-refractivity contribution >= 4 is 0 Å². The number of methoxy groups -OCH3 is 1. The predicted octanol–water partition coefficient (Wildman–Crippen LogP) is 0.490. The summed E-state index contributed by atoms with van der Waals surface area (Å²) in [6, 6.07) is 6.44. The highest BCUT2D eigenvalue weighted by molar-refractivity contribution is 5.45. The first kappa shape index (κ1) is 13.7. The molecule has 2 N–H and O–H groups in total. The van der Waals surface area contributed by atoms with Crippen LogP contribution in [0.4, 0.5) is 0 Å². The summed E-state index contributed by atoms with van der Waals surface area (Å²) in [7, 11) is 1.59. The van der Waals surface area contributed by atoms with Gasteiger partial charge in [-0.2, -0.15) is 0 Å². The molecule has 0 radical (unpaired) electrons. The first-order valence-electron chi connectivity index (χ1n) is 7.30. The van der Waals surface area contributed by atoms with Gasteiger partial charge in [0.15, 0.2) is 11.5 Å². The fraction of sp³-hybridized carbons (Fsp3) is 0.600. The second kappa shape index (κ2) is 5.99. The largest absolute Gasteiger partial charge is 0.504 e. The van der Waals surface area contributed by atoms with Gasteiger partial charge in [-0.15, -0.1) is 0 Å². The van der Waals surface area contributed by atoms with E-state index >= 15 is 0 Å². The third kappa shape index (κ3) is 2.75. The molecule has 0 bridgehead atoms. The molecule has 2 saturated heterocycles. The topological polar surface area (TPSA) is 48.0 Å². The number of rotatable bonds is 4. The Bertz CT molecular complexity index is 454. The van der Waals surface area contributed by atoms with Crippen LogP contribution in [0.3, 0.4) is 0 Å². The Kier molecular flexibility index (Phi) is 4.10. The minimum atomic E-state index is 0.278. The lowest BCUT2D eigenvalue weighted by Crippen LogP contribution is -2.61. The van der Waals surface area contributed by atoms with Gasteiger partial charge in [0, 0.05) is 57.4 Å². The van der Waals surface area contributed by atoms with Crippen molar-refractivity contribution in [1.82, 2.24) is 15.1 Å². The Morgan fingerprint density at radius 1 is 1.25 bits per heavy atom. The Hall–Kier alpha value is -1.30. The molecule has 2 aliphatic rings. The summed E-state index contributed by atoms with van der Waals surface area (Å²) in [6.45, 7) is 7.43. The van der Waals surface area contributed by atoms with E-state index in [1.807, 2.05) is 12.1 Å². The summed E-state index contributed by atoms with van der Waals surface area (Å²) < 4.78 is 5.16. The van der Waals surface area contributed by atoms with Crippen LogP contribution in [-0.2, 0) is 6.54 Å². The number of phenolic OH excluding ortho intramolecular Hbond substituents is 1. The fourth-order valence-electron chi connectivity index (χ4n) is 2.92. The van der Waals surface area contributed by atoms with Gasteiger partial charge in [-0.3, -0.25) is 9.80 Å². The third-order valence-corrected chi connectivity index (χ3v) is 4.38. The van der Waals surface area contributed by atoms with E-state index < -0.39 is 0 Å². The summed E-state index contributed by atoms with van der Waals surface area (Å²) in [5, 5.41) is 13.5. The van der Waals surface area contributed by atoms with Crippen molar-refractivity contribution in [1.29, 1.82) is 0 Å². The van der Waals surface area contributed by atoms with E-state index in [2.05, 4.69) is 15.1 Å². The second-order valence-corrected chi connectivity index (χ2v) is 5.59. The van der Waals surface area contributed by atoms with Crippen molar-refractivity contribution in [2.75, 3.05) is 46.4 Å². The van der Waals surface area contributed by atoms with Gasteiger partial charge >= 0.3 is 0 Å². The summed E-state index contributed by atoms with van der Waals surface area (Å²) >= 11 is 0. The Labute approximate surface area is 120 Å². The lowest BCUT2D eigenvalue weighted by atomic mass is 10.1. The molecule has 110 valence electrons. The molecule has 5 heteroatoms. The molecule has 2 heterocycles. The van der Waals surface area contributed by atoms with Gasteiger partial charge < -0.3 is 15.2 Å². The van der Waals surface area contributed by atoms with Crippen LogP contribution in [0, 0.1) is 0 Å². The molecule has 2 aliphatic heterocycles. The zero-order valence-electron chi connectivity index (χ0n) is 12.0. The van der Waals surface area contributed by atoms with Crippen molar-refractivity contribution in [3.8, 4) is 11.5 Å². The number of phenols is 1. The fourth-order valence-corrected chi connectivity index (χ4v) is 2.92. The zero-order valence-corrected chi connectivity index (χ0v) is 12.0. The van der Waals surface area contributed by atoms with Gasteiger partial charge in [-0.05, 0) is 6.07 Å². The van der Waals surface area contributed by atoms with E-state index in [0.29, 0.717) is 5.75 Å². The molecule has 20 heavy (non-hydrogen) atoms. The van der Waals surface area contributed by atoms with E-state index in [-0.39, 0.29) is 5.75 Å². The quantitative estimate of drug-likeness (QED) is 0.839. The summed E-state index contributed by atoms with van der Waals surface area (Å²) in [6.07, 6.45) is 0. The lowest BCUT2D eigenvalue weighted by molar-refractivity contribution is 0.0692. The number of hydrogen-bond donors (Lipinski definition) is 2. The van der Waals surface area contributed by atoms with Gasteiger partial charge in [-0.1, -0.05) is 12.1 Å². The molecular formula is C15H23N3O2. The normalized spacial score (nSPS) is 21.6. The maximum absolute atomic E-state index is 10.1. The minimum Gasteiger partial charge on any atom is -0.504 e. The number of nitrogens with zero attached hydrogens (tertiary/aromatic N) is 2. The van der Waals surface area contributed by atoms with E-state index in [9.17, 15) is 5.11 Å². The molecular weight excluding hydrogens is 254 g/mol. The molecule has 3 rings (SSSR count). The standard InChI is InChI=1S/C15H23N3O2/c1-20-14-4-2-3-12(15(14)19)11-17-5-7-18(8-6-17)13-9-16-10-13/h2-4,13,16,19H,5-11H2,1H3. The zero-order chi connectivity index (χ0) is 13.9. The van der Waals surface area contributed by atoms with Crippen molar-refractivity contribution in [3.05, 3.63) is 23.8 Å². The van der Waals surface area contributed by atoms with Crippen LogP contribution in [0.1, 0.15) is 5.56 Å². The summed E-state index contributed by atoms with van der Waals surface area (Å²) in [5.41, 5.74) is 0.947.